The van der Waals surface area contributed by atoms with E-state index < -0.39 is 6.51 Å². The van der Waals surface area contributed by atoms with Gasteiger partial charge in [-0.3, -0.25) is 0 Å². The molecule has 88 valence electrons. The van der Waals surface area contributed by atoms with Crippen LogP contribution in [0.15, 0.2) is 0 Å². The monoisotopic (exact) mass is 257 g/mol. The van der Waals surface area contributed by atoms with E-state index in [-0.39, 0.29) is 0 Å². The van der Waals surface area contributed by atoms with Crippen LogP contribution in [0.1, 0.15) is 6.92 Å². The van der Waals surface area contributed by atoms with Gasteiger partial charge in [0, 0.05) is 0 Å². The van der Waals surface area contributed by atoms with Gasteiger partial charge in [0.15, 0.2) is 0 Å². The zero-order valence-electron chi connectivity index (χ0n) is 10.1. The molecule has 0 bridgehead atoms. The molecule has 2 heteroatoms. The van der Waals surface area contributed by atoms with E-state index in [1.165, 1.54) is 43.3 Å². The maximum absolute atomic E-state index is 2.73. The summed E-state index contributed by atoms with van der Waals surface area (Å²) in [6, 6.07) is 0.987. The van der Waals surface area contributed by atoms with E-state index in [0.717, 1.165) is 10.4 Å². The van der Waals surface area contributed by atoms with Crippen molar-refractivity contribution >= 4 is 0 Å². The fourth-order valence-electron chi connectivity index (χ4n) is 17.9. The van der Waals surface area contributed by atoms with E-state index >= 15 is 0 Å². The van der Waals surface area contributed by atoms with Crippen LogP contribution in [-0.4, -0.2) is 25.0 Å². The molecule has 1 nitrogen and oxygen atoms in total. The van der Waals surface area contributed by atoms with Gasteiger partial charge in [0.1, 0.15) is 0 Å². The Bertz CT molecular complexity index is 847. The van der Waals surface area contributed by atoms with Crippen molar-refractivity contribution in [1.29, 1.82) is 0 Å². The second-order valence-corrected chi connectivity index (χ2v) is 35.0. The molecule has 10 aliphatic heterocycles. The van der Waals surface area contributed by atoms with E-state index in [9.17, 15) is 0 Å². The summed E-state index contributed by atoms with van der Waals surface area (Å²) in [4.78, 5) is 16.2. The molecule has 10 aliphatic rings. The first kappa shape index (κ1) is 6.08. The summed E-state index contributed by atoms with van der Waals surface area (Å²) in [5.74, 6) is 0. The van der Waals surface area contributed by atoms with Crippen LogP contribution in [0.2, 0.25) is 47.7 Å². The number of fused-ring (bicyclic) bond motifs is 10. The predicted octanol–water partition coefficient (Wildman–Crippen LogP) is 3.70. The van der Waals surface area contributed by atoms with Gasteiger partial charge < -0.3 is 0 Å². The van der Waals surface area contributed by atoms with Crippen LogP contribution in [-0.2, 0) is 6.51 Å². The van der Waals surface area contributed by atoms with Crippen LogP contribution in [0, 0.1) is 0 Å². The maximum atomic E-state index is 2.63. The van der Waals surface area contributed by atoms with Crippen molar-refractivity contribution in [2.45, 2.75) is 60.6 Å². The Morgan fingerprint density at radius 3 is 1.50 bits per heavy atom. The molecule has 1 spiro atoms. The van der Waals surface area contributed by atoms with E-state index in [1.54, 1.807) is 0 Å². The average molecular weight is 257 g/mol. The molecule has 0 aromatic rings. The zero-order valence-corrected chi connectivity index (χ0v) is 11.2. The molecule has 0 aromatic heterocycles. The molecule has 10 heterocycles. The quantitative estimate of drug-likeness (QED) is 0.682. The van der Waals surface area contributed by atoms with Crippen molar-refractivity contribution in [2.75, 3.05) is 14.1 Å². The molecule has 0 aromatic carbocycles. The van der Waals surface area contributed by atoms with Crippen LogP contribution in [0.25, 0.3) is 0 Å². The first-order valence-corrected chi connectivity index (χ1v) is 13.6. The van der Waals surface area contributed by atoms with E-state index in [4.69, 9.17) is 0 Å². The second-order valence-electron chi connectivity index (χ2n) is 11.4. The van der Waals surface area contributed by atoms with E-state index in [1.807, 2.05) is 0 Å². The van der Waals surface area contributed by atoms with Gasteiger partial charge in [-0.15, -0.1) is 0 Å². The van der Waals surface area contributed by atoms with Gasteiger partial charge in [0.25, 0.3) is 0 Å². The topological polar surface area (TPSA) is 3.24 Å². The van der Waals surface area contributed by atoms with Crippen molar-refractivity contribution in [3.05, 3.63) is 0 Å². The summed E-state index contributed by atoms with van der Waals surface area (Å²) in [6.45, 7) is -0.0996. The number of nitrogens with zero attached hydrogens (tertiary/aromatic N) is 1. The first-order valence-electron chi connectivity index (χ1n) is 7.28. The number of rotatable bonds is 2. The van der Waals surface area contributed by atoms with Crippen LogP contribution in [0.3, 0.4) is 0 Å². The fraction of sp³-hybridized carbons (Fsp3) is 1.00. The van der Waals surface area contributed by atoms with Crippen LogP contribution < -0.4 is 0 Å². The van der Waals surface area contributed by atoms with E-state index in [0.29, 0.717) is 0 Å². The van der Waals surface area contributed by atoms with Crippen molar-refractivity contribution in [3.63, 3.8) is 0 Å². The molecule has 4 unspecified atom stereocenters. The molecule has 0 saturated carbocycles. The van der Waals surface area contributed by atoms with Gasteiger partial charge >= 0.3 is 86.1 Å². The van der Waals surface area contributed by atoms with Crippen molar-refractivity contribution in [3.8, 4) is 0 Å². The molecular weight excluding hydrogens is 238 g/mol. The summed E-state index contributed by atoms with van der Waals surface area (Å²) < 4.78 is 1.10. The summed E-state index contributed by atoms with van der Waals surface area (Å²) in [7, 11) is 4.74. The third-order valence-corrected chi connectivity index (χ3v) is 59.0. The molecule has 5 atom stereocenters. The van der Waals surface area contributed by atoms with Gasteiger partial charge in [0.05, 0.1) is 0 Å². The summed E-state index contributed by atoms with van der Waals surface area (Å²) in [5.41, 5.74) is 0. The van der Waals surface area contributed by atoms with Gasteiger partial charge in [-0.05, 0) is 0 Å². The van der Waals surface area contributed by atoms with E-state index in [2.05, 4.69) is 25.9 Å². The molecule has 10 saturated heterocycles. The Balaban J connectivity index is 1.66. The Labute approximate surface area is 86.2 Å². The number of hydrogen-bond donors (Lipinski definition) is 0. The van der Waals surface area contributed by atoms with Crippen molar-refractivity contribution in [1.82, 2.24) is 4.90 Å². The number of hydrogen-bond acceptors (Lipinski definition) is 1. The van der Waals surface area contributed by atoms with Crippen LogP contribution in [0.5, 0.6) is 0 Å². The molecule has 10 fully saturated rings. The molecule has 16 heavy (non-hydrogen) atoms. The molecule has 0 aliphatic carbocycles. The van der Waals surface area contributed by atoms with Crippen molar-refractivity contribution < 1.29 is 6.51 Å². The van der Waals surface area contributed by atoms with Gasteiger partial charge in [0.2, 0.25) is 0 Å². The van der Waals surface area contributed by atoms with Gasteiger partial charge in [-0.1, -0.05) is 0 Å². The van der Waals surface area contributed by atoms with Gasteiger partial charge in [-0.2, -0.15) is 0 Å². The summed E-state index contributed by atoms with van der Waals surface area (Å²) in [5, 5.41) is 0. The Morgan fingerprint density at radius 2 is 1.31 bits per heavy atom. The van der Waals surface area contributed by atoms with Gasteiger partial charge in [-0.25, -0.2) is 0 Å². The average Bonchev–Trinajstić information content (AvgIpc) is 3.20. The third-order valence-electron chi connectivity index (χ3n) is 16.2. The zero-order chi connectivity index (χ0) is 10.2. The predicted molar refractivity (Wildman–Crippen MR) is 59.6 cm³/mol. The summed E-state index contributed by atoms with van der Waals surface area (Å²) in [6.07, 6.45) is 0. The standard InChI is InChI=1S/C9H14N.C5H5.Fe/c1-8(10(2)3)9-6-4-5-7-9;1-2-4-5-3-1;/h4-8H,1-3H3;1-5H;/t8-;;/m1../s1. The Hall–Kier alpha value is 0.479. The molecular formula is C14H19FeN. The normalized spacial score (nSPS) is 128. The fourth-order valence-corrected chi connectivity index (χ4v) is 93.7. The second kappa shape index (κ2) is 0.455. The third kappa shape index (κ3) is 0.0527. The first-order chi connectivity index (χ1) is 7.40. The Kier molecular flexibility index (Phi) is 0.173. The van der Waals surface area contributed by atoms with Crippen LogP contribution in [0.4, 0.5) is 0 Å². The molecule has 0 radical (unpaired) electrons. The summed E-state index contributed by atoms with van der Waals surface area (Å²) >= 11 is 0. The molecule has 0 amide bonds. The molecule has 0 N–H and O–H groups in total. The van der Waals surface area contributed by atoms with Crippen LogP contribution >= 0.6 is 0 Å². The van der Waals surface area contributed by atoms with Crippen molar-refractivity contribution in [2.24, 2.45) is 0 Å². The SMILES string of the molecule is C[C@@H](N(C)C)[C]12[CH]3[CH]4[CH]5[CH]1[Fe]45321678[CH]2[CH]1[CH]6[CH]7[CH]28. The minimum atomic E-state index is -2.73. The molecule has 10 rings (SSSR count). The Morgan fingerprint density at radius 1 is 0.875 bits per heavy atom. The minimum absolute atomic E-state index is 0.987.